The van der Waals surface area contributed by atoms with Gasteiger partial charge in [-0.05, 0) is 24.3 Å². The van der Waals surface area contributed by atoms with E-state index in [-0.39, 0.29) is 17.3 Å². The van der Waals surface area contributed by atoms with E-state index in [0.29, 0.717) is 5.02 Å². The first-order valence-corrected chi connectivity index (χ1v) is 6.20. The third kappa shape index (κ3) is 2.94. The van der Waals surface area contributed by atoms with Crippen LogP contribution in [-0.2, 0) is 10.0 Å². The number of likely N-dealkylation sites (N-methyl/N-ethyl adjacent to an activating group) is 1. The van der Waals surface area contributed by atoms with Crippen LogP contribution in [0.25, 0.3) is 0 Å². The number of hydrogen-bond donors (Lipinski definition) is 2. The highest BCUT2D eigenvalue weighted by atomic mass is 35.5. The molecule has 0 saturated carbocycles. The van der Waals surface area contributed by atoms with Crippen LogP contribution < -0.4 is 5.73 Å². The van der Waals surface area contributed by atoms with Gasteiger partial charge in [0.2, 0.25) is 10.0 Å². The van der Waals surface area contributed by atoms with E-state index in [0.717, 1.165) is 4.31 Å². The Morgan fingerprint density at radius 2 is 1.94 bits per heavy atom. The van der Waals surface area contributed by atoms with Crippen LogP contribution >= 0.6 is 11.6 Å². The molecule has 16 heavy (non-hydrogen) atoms. The largest absolute Gasteiger partial charge is 0.387 e. The summed E-state index contributed by atoms with van der Waals surface area (Å²) in [6.07, 6.45) is 0. The molecule has 0 heterocycles. The Bertz CT molecular complexity index is 484. The maximum Gasteiger partial charge on any atom is 0.243 e. The van der Waals surface area contributed by atoms with Gasteiger partial charge >= 0.3 is 0 Å². The summed E-state index contributed by atoms with van der Waals surface area (Å²) in [5.74, 6) is -0.208. The number of nitrogens with one attached hydrogen (secondary N) is 1. The molecule has 3 N–H and O–H groups in total. The second-order valence-electron chi connectivity index (χ2n) is 3.24. The Hall–Kier alpha value is -1.11. The molecule has 1 aromatic carbocycles. The van der Waals surface area contributed by atoms with Gasteiger partial charge in [-0.1, -0.05) is 11.6 Å². The van der Waals surface area contributed by atoms with Gasteiger partial charge in [0.25, 0.3) is 0 Å². The molecule has 0 aliphatic rings. The molecule has 5 nitrogen and oxygen atoms in total. The number of nitrogens with zero attached hydrogens (tertiary/aromatic N) is 1. The van der Waals surface area contributed by atoms with Crippen molar-refractivity contribution in [2.75, 3.05) is 13.6 Å². The molecule has 0 bridgehead atoms. The monoisotopic (exact) mass is 261 g/mol. The van der Waals surface area contributed by atoms with Crippen molar-refractivity contribution < 1.29 is 8.42 Å². The highest BCUT2D eigenvalue weighted by Crippen LogP contribution is 2.16. The molecule has 0 fully saturated rings. The molecule has 0 unspecified atom stereocenters. The standard InChI is InChI=1S/C9H12ClN3O2S/c1-13(6-9(11)12)16(14,15)8-4-2-7(10)3-5-8/h2-5H,6H2,1H3,(H3,11,12). The lowest BCUT2D eigenvalue weighted by atomic mass is 10.4. The van der Waals surface area contributed by atoms with Crippen molar-refractivity contribution in [2.45, 2.75) is 4.90 Å². The summed E-state index contributed by atoms with van der Waals surface area (Å²) in [6.45, 7) is -0.134. The molecule has 0 amide bonds. The number of benzene rings is 1. The van der Waals surface area contributed by atoms with Crippen LogP contribution in [0.2, 0.25) is 5.02 Å². The van der Waals surface area contributed by atoms with Crippen LogP contribution in [0.3, 0.4) is 0 Å². The maximum absolute atomic E-state index is 11.9. The Morgan fingerprint density at radius 3 is 2.38 bits per heavy atom. The van der Waals surface area contributed by atoms with Gasteiger partial charge < -0.3 is 5.73 Å². The Labute approximate surface area is 99.4 Å². The zero-order chi connectivity index (χ0) is 12.3. The molecule has 0 spiro atoms. The third-order valence-electron chi connectivity index (χ3n) is 1.91. The van der Waals surface area contributed by atoms with E-state index < -0.39 is 10.0 Å². The molecule has 1 rings (SSSR count). The summed E-state index contributed by atoms with van der Waals surface area (Å²) in [4.78, 5) is 0.126. The molecule has 7 heteroatoms. The summed E-state index contributed by atoms with van der Waals surface area (Å²) < 4.78 is 24.8. The molecule has 0 atom stereocenters. The summed E-state index contributed by atoms with van der Waals surface area (Å²) in [6, 6.07) is 5.81. The second kappa shape index (κ2) is 4.82. The number of amidine groups is 1. The summed E-state index contributed by atoms with van der Waals surface area (Å²) in [7, 11) is -2.23. The number of nitrogens with two attached hydrogens (primary N) is 1. The van der Waals surface area contributed by atoms with Crippen molar-refractivity contribution in [3.63, 3.8) is 0 Å². The van der Waals surface area contributed by atoms with Gasteiger partial charge in [-0.15, -0.1) is 0 Å². The van der Waals surface area contributed by atoms with Crippen LogP contribution in [0.5, 0.6) is 0 Å². The predicted octanol–water partition coefficient (Wildman–Crippen LogP) is 0.896. The molecule has 0 saturated heterocycles. The van der Waals surface area contributed by atoms with Crippen molar-refractivity contribution in [3.8, 4) is 0 Å². The lowest BCUT2D eigenvalue weighted by Crippen LogP contribution is -2.34. The molecular formula is C9H12ClN3O2S. The Kier molecular flexibility index (Phi) is 3.90. The second-order valence-corrected chi connectivity index (χ2v) is 5.72. The molecule has 0 radical (unpaired) electrons. The van der Waals surface area contributed by atoms with Gasteiger partial charge in [-0.3, -0.25) is 5.41 Å². The summed E-state index contributed by atoms with van der Waals surface area (Å²) >= 11 is 5.66. The Morgan fingerprint density at radius 1 is 1.44 bits per heavy atom. The first kappa shape index (κ1) is 13.0. The van der Waals surface area contributed by atoms with Gasteiger partial charge in [0.15, 0.2) is 0 Å². The minimum absolute atomic E-state index is 0.126. The van der Waals surface area contributed by atoms with E-state index in [4.69, 9.17) is 22.7 Å². The van der Waals surface area contributed by atoms with Crippen molar-refractivity contribution in [1.82, 2.24) is 4.31 Å². The average Bonchev–Trinajstić information content (AvgIpc) is 2.17. The maximum atomic E-state index is 11.9. The molecule has 0 aromatic heterocycles. The first-order chi connectivity index (χ1) is 7.34. The molecular weight excluding hydrogens is 250 g/mol. The van der Waals surface area contributed by atoms with Gasteiger partial charge in [0.05, 0.1) is 11.4 Å². The fourth-order valence-corrected chi connectivity index (χ4v) is 2.39. The third-order valence-corrected chi connectivity index (χ3v) is 3.98. The number of halogens is 1. The summed E-state index contributed by atoms with van der Waals surface area (Å²) in [5, 5.41) is 7.52. The zero-order valence-electron chi connectivity index (χ0n) is 8.64. The van der Waals surface area contributed by atoms with Crippen molar-refractivity contribution in [1.29, 1.82) is 5.41 Å². The number of sulfonamides is 1. The van der Waals surface area contributed by atoms with E-state index in [9.17, 15) is 8.42 Å². The highest BCUT2D eigenvalue weighted by Gasteiger charge is 2.20. The quantitative estimate of drug-likeness (QED) is 0.623. The van der Waals surface area contributed by atoms with Crippen molar-refractivity contribution in [2.24, 2.45) is 5.73 Å². The van der Waals surface area contributed by atoms with E-state index in [2.05, 4.69) is 0 Å². The van der Waals surface area contributed by atoms with Crippen molar-refractivity contribution in [3.05, 3.63) is 29.3 Å². The van der Waals surface area contributed by atoms with E-state index in [1.807, 2.05) is 0 Å². The van der Waals surface area contributed by atoms with Gasteiger partial charge in [-0.25, -0.2) is 8.42 Å². The van der Waals surface area contributed by atoms with Gasteiger partial charge in [-0.2, -0.15) is 4.31 Å². The fraction of sp³-hybridized carbons (Fsp3) is 0.222. The fourth-order valence-electron chi connectivity index (χ4n) is 1.11. The Balaban J connectivity index is 3.02. The number of hydrogen-bond acceptors (Lipinski definition) is 3. The number of rotatable bonds is 4. The molecule has 1 aromatic rings. The zero-order valence-corrected chi connectivity index (χ0v) is 10.2. The minimum Gasteiger partial charge on any atom is -0.387 e. The van der Waals surface area contributed by atoms with Crippen LogP contribution in [-0.4, -0.2) is 32.2 Å². The van der Waals surface area contributed by atoms with Crippen LogP contribution in [0.4, 0.5) is 0 Å². The lowest BCUT2D eigenvalue weighted by Gasteiger charge is -2.16. The van der Waals surface area contributed by atoms with Crippen molar-refractivity contribution >= 4 is 27.5 Å². The van der Waals surface area contributed by atoms with Crippen LogP contribution in [0, 0.1) is 5.41 Å². The normalized spacial score (nSPS) is 11.7. The minimum atomic E-state index is -3.60. The average molecular weight is 262 g/mol. The van der Waals surface area contributed by atoms with Crippen LogP contribution in [0.1, 0.15) is 0 Å². The lowest BCUT2D eigenvalue weighted by molar-refractivity contribution is 0.504. The van der Waals surface area contributed by atoms with E-state index in [1.165, 1.54) is 31.3 Å². The molecule has 0 aliphatic heterocycles. The SMILES string of the molecule is CN(CC(=N)N)S(=O)(=O)c1ccc(Cl)cc1. The van der Waals surface area contributed by atoms with Gasteiger partial charge in [0.1, 0.15) is 5.84 Å². The van der Waals surface area contributed by atoms with Gasteiger partial charge in [0, 0.05) is 12.1 Å². The first-order valence-electron chi connectivity index (χ1n) is 4.39. The van der Waals surface area contributed by atoms with E-state index in [1.54, 1.807) is 0 Å². The molecule has 0 aliphatic carbocycles. The highest BCUT2D eigenvalue weighted by molar-refractivity contribution is 7.89. The van der Waals surface area contributed by atoms with Crippen LogP contribution in [0.15, 0.2) is 29.2 Å². The predicted molar refractivity (Wildman–Crippen MR) is 63.2 cm³/mol. The van der Waals surface area contributed by atoms with E-state index >= 15 is 0 Å². The smallest absolute Gasteiger partial charge is 0.243 e. The topological polar surface area (TPSA) is 87.2 Å². The molecule has 88 valence electrons. The summed E-state index contributed by atoms with van der Waals surface area (Å²) in [5.41, 5.74) is 5.15.